The van der Waals surface area contributed by atoms with Gasteiger partial charge < -0.3 is 24.6 Å². The third kappa shape index (κ3) is 5.59. The lowest BCUT2D eigenvalue weighted by atomic mass is 9.88. The Morgan fingerprint density at radius 1 is 0.972 bits per heavy atom. The van der Waals surface area contributed by atoms with E-state index >= 15 is 0 Å². The maximum Gasteiger partial charge on any atom is 0.142 e. The zero-order chi connectivity index (χ0) is 25.1. The summed E-state index contributed by atoms with van der Waals surface area (Å²) in [4.78, 5) is 2.41. The molecule has 190 valence electrons. The fraction of sp³-hybridized carbons (Fsp3) is 0.419. The van der Waals surface area contributed by atoms with Gasteiger partial charge in [0.05, 0.1) is 37.2 Å². The van der Waals surface area contributed by atoms with Crippen molar-refractivity contribution in [2.45, 2.75) is 63.9 Å². The molecule has 2 aliphatic rings. The zero-order valence-electron chi connectivity index (χ0n) is 21.3. The van der Waals surface area contributed by atoms with Gasteiger partial charge in [0.2, 0.25) is 0 Å². The molecule has 3 aromatic rings. The first-order chi connectivity index (χ1) is 17.5. The molecule has 1 fully saturated rings. The van der Waals surface area contributed by atoms with Crippen molar-refractivity contribution in [1.29, 1.82) is 0 Å². The Morgan fingerprint density at radius 2 is 1.81 bits per heavy atom. The second-order valence-electron chi connectivity index (χ2n) is 10.4. The number of hydrogen-bond donors (Lipinski definition) is 2. The number of aliphatic hydroxyl groups excluding tert-OH is 2. The van der Waals surface area contributed by atoms with Crippen LogP contribution in [0.4, 0.5) is 5.69 Å². The van der Waals surface area contributed by atoms with E-state index in [0.29, 0.717) is 25.4 Å². The molecule has 3 atom stereocenters. The molecule has 3 unspecified atom stereocenters. The van der Waals surface area contributed by atoms with E-state index in [4.69, 9.17) is 9.47 Å². The Labute approximate surface area is 214 Å². The summed E-state index contributed by atoms with van der Waals surface area (Å²) in [6.45, 7) is 6.81. The van der Waals surface area contributed by atoms with Crippen LogP contribution in [0.1, 0.15) is 66.5 Å². The highest BCUT2D eigenvalue weighted by Gasteiger charge is 2.29. The molecule has 0 aliphatic carbocycles. The second kappa shape index (κ2) is 11.0. The molecule has 0 spiro atoms. The molecular weight excluding hydrogens is 450 g/mol. The van der Waals surface area contributed by atoms with Gasteiger partial charge in [-0.1, -0.05) is 68.4 Å². The number of ether oxygens (including phenoxy) is 2. The molecular formula is C31H37NO4. The van der Waals surface area contributed by atoms with E-state index < -0.39 is 6.10 Å². The van der Waals surface area contributed by atoms with E-state index in [-0.39, 0.29) is 18.8 Å². The minimum Gasteiger partial charge on any atom is -0.490 e. The Balaban J connectivity index is 1.42. The average molecular weight is 488 g/mol. The highest BCUT2D eigenvalue weighted by Crippen LogP contribution is 2.37. The summed E-state index contributed by atoms with van der Waals surface area (Å²) >= 11 is 0. The summed E-state index contributed by atoms with van der Waals surface area (Å²) in [5.74, 6) is 1.34. The zero-order valence-corrected chi connectivity index (χ0v) is 21.3. The van der Waals surface area contributed by atoms with Gasteiger partial charge in [-0.2, -0.15) is 0 Å². The summed E-state index contributed by atoms with van der Waals surface area (Å²) in [7, 11) is 0. The van der Waals surface area contributed by atoms with Gasteiger partial charge >= 0.3 is 0 Å². The smallest absolute Gasteiger partial charge is 0.142 e. The Kier molecular flexibility index (Phi) is 7.61. The van der Waals surface area contributed by atoms with E-state index in [1.54, 1.807) is 0 Å². The van der Waals surface area contributed by atoms with Crippen LogP contribution in [0.25, 0.3) is 0 Å². The van der Waals surface area contributed by atoms with Crippen molar-refractivity contribution in [3.8, 4) is 5.75 Å². The fourth-order valence-electron chi connectivity index (χ4n) is 5.48. The fourth-order valence-corrected chi connectivity index (χ4v) is 5.48. The Morgan fingerprint density at radius 3 is 2.58 bits per heavy atom. The van der Waals surface area contributed by atoms with E-state index in [1.807, 2.05) is 0 Å². The second-order valence-corrected chi connectivity index (χ2v) is 10.4. The van der Waals surface area contributed by atoms with Gasteiger partial charge in [-0.3, -0.25) is 0 Å². The molecule has 5 nitrogen and oxygen atoms in total. The molecule has 1 saturated heterocycles. The van der Waals surface area contributed by atoms with Crippen molar-refractivity contribution in [3.05, 3.63) is 94.5 Å². The number of hydrogen-bond acceptors (Lipinski definition) is 5. The van der Waals surface area contributed by atoms with E-state index in [1.165, 1.54) is 22.3 Å². The molecule has 0 bridgehead atoms. The molecule has 5 heteroatoms. The van der Waals surface area contributed by atoms with Crippen molar-refractivity contribution >= 4 is 5.69 Å². The lowest BCUT2D eigenvalue weighted by Crippen LogP contribution is -2.33. The van der Waals surface area contributed by atoms with Crippen LogP contribution in [0.3, 0.4) is 0 Å². The quantitative estimate of drug-likeness (QED) is 0.469. The van der Waals surface area contributed by atoms with Crippen molar-refractivity contribution in [2.24, 2.45) is 0 Å². The van der Waals surface area contributed by atoms with Crippen molar-refractivity contribution in [3.63, 3.8) is 0 Å². The highest BCUT2D eigenvalue weighted by molar-refractivity contribution is 5.62. The molecule has 0 amide bonds. The molecule has 2 heterocycles. The number of fused-ring (bicyclic) bond motifs is 1. The summed E-state index contributed by atoms with van der Waals surface area (Å²) in [6.07, 6.45) is 0.882. The Hall–Kier alpha value is -2.86. The maximum atomic E-state index is 10.3. The Bertz CT molecular complexity index is 1160. The third-order valence-corrected chi connectivity index (χ3v) is 7.34. The SMILES string of the molecule is CC(C)c1ccc(C2CC(O)CC(CO)O2)cc1Cc1ccc2c(c1)N(Cc1ccccc1)CCO2. The predicted octanol–water partition coefficient (Wildman–Crippen LogP) is 5.37. The van der Waals surface area contributed by atoms with Crippen LogP contribution >= 0.6 is 0 Å². The number of rotatable bonds is 7. The molecule has 0 radical (unpaired) electrons. The van der Waals surface area contributed by atoms with Gasteiger partial charge in [-0.15, -0.1) is 0 Å². The molecule has 0 aromatic heterocycles. The molecule has 5 rings (SSSR count). The predicted molar refractivity (Wildman–Crippen MR) is 143 cm³/mol. The minimum absolute atomic E-state index is 0.0683. The van der Waals surface area contributed by atoms with Crippen LogP contribution in [0.5, 0.6) is 5.75 Å². The van der Waals surface area contributed by atoms with E-state index in [0.717, 1.165) is 36.5 Å². The van der Waals surface area contributed by atoms with Crippen LogP contribution in [0.15, 0.2) is 66.7 Å². The number of nitrogens with zero attached hydrogens (tertiary/aromatic N) is 1. The van der Waals surface area contributed by atoms with Crippen LogP contribution in [-0.2, 0) is 17.7 Å². The monoisotopic (exact) mass is 487 g/mol. The molecule has 36 heavy (non-hydrogen) atoms. The number of aliphatic hydroxyl groups is 2. The largest absolute Gasteiger partial charge is 0.490 e. The molecule has 3 aromatic carbocycles. The standard InChI is InChI=1S/C31H37NO4/c1-21(2)28-10-9-24(31-18-26(34)17-27(20-33)36-31)16-25(28)14-23-8-11-30-29(15-23)32(12-13-35-30)19-22-6-4-3-5-7-22/h3-11,15-16,21,26-27,31,33-34H,12-14,17-20H2,1-2H3. The molecule has 2 N–H and O–H groups in total. The van der Waals surface area contributed by atoms with Crippen LogP contribution < -0.4 is 9.64 Å². The third-order valence-electron chi connectivity index (χ3n) is 7.34. The van der Waals surface area contributed by atoms with Gasteiger partial charge in [0, 0.05) is 19.4 Å². The van der Waals surface area contributed by atoms with Crippen LogP contribution in [0, 0.1) is 0 Å². The summed E-state index contributed by atoms with van der Waals surface area (Å²) < 4.78 is 12.1. The minimum atomic E-state index is -0.453. The van der Waals surface area contributed by atoms with Crippen LogP contribution in [0.2, 0.25) is 0 Å². The van der Waals surface area contributed by atoms with E-state index in [2.05, 4.69) is 85.5 Å². The van der Waals surface area contributed by atoms with Crippen LogP contribution in [-0.4, -0.2) is 42.2 Å². The topological polar surface area (TPSA) is 62.2 Å². The lowest BCUT2D eigenvalue weighted by molar-refractivity contribution is -0.113. The normalized spacial score (nSPS) is 21.8. The van der Waals surface area contributed by atoms with Crippen molar-refractivity contribution in [2.75, 3.05) is 24.7 Å². The first-order valence-electron chi connectivity index (χ1n) is 13.1. The van der Waals surface area contributed by atoms with Gasteiger partial charge in [0.1, 0.15) is 12.4 Å². The number of anilines is 1. The van der Waals surface area contributed by atoms with Gasteiger partial charge in [-0.05, 0) is 52.3 Å². The van der Waals surface area contributed by atoms with E-state index in [9.17, 15) is 10.2 Å². The number of benzene rings is 3. The van der Waals surface area contributed by atoms with Crippen molar-refractivity contribution in [1.82, 2.24) is 0 Å². The van der Waals surface area contributed by atoms with Gasteiger partial charge in [-0.25, -0.2) is 0 Å². The maximum absolute atomic E-state index is 10.3. The first kappa shape index (κ1) is 24.8. The van der Waals surface area contributed by atoms with Gasteiger partial charge in [0.25, 0.3) is 0 Å². The molecule has 0 saturated carbocycles. The average Bonchev–Trinajstić information content (AvgIpc) is 2.89. The molecule has 2 aliphatic heterocycles. The lowest BCUT2D eigenvalue weighted by Gasteiger charge is -2.33. The summed E-state index contributed by atoms with van der Waals surface area (Å²) in [5.41, 5.74) is 7.35. The highest BCUT2D eigenvalue weighted by atomic mass is 16.5. The first-order valence-corrected chi connectivity index (χ1v) is 13.1. The summed E-state index contributed by atoms with van der Waals surface area (Å²) in [6, 6.07) is 23.7. The summed E-state index contributed by atoms with van der Waals surface area (Å²) in [5, 5.41) is 19.9. The van der Waals surface area contributed by atoms with Gasteiger partial charge in [0.15, 0.2) is 0 Å². The van der Waals surface area contributed by atoms with Crippen molar-refractivity contribution < 1.29 is 19.7 Å².